The number of aromatic amines is 1. The van der Waals surface area contributed by atoms with Crippen LogP contribution in [0.3, 0.4) is 0 Å². The zero-order chi connectivity index (χ0) is 17.9. The Kier molecular flexibility index (Phi) is 6.40. The van der Waals surface area contributed by atoms with Crippen LogP contribution in [0.2, 0.25) is 0 Å². The molecule has 2 aromatic carbocycles. The molecule has 3 aromatic rings. The van der Waals surface area contributed by atoms with Gasteiger partial charge < -0.3 is 10.0 Å². The molecule has 1 heterocycles. The van der Waals surface area contributed by atoms with Crippen LogP contribution < -0.4 is 16.4 Å². The Bertz CT molecular complexity index is 1030. The molecule has 0 amide bonds. The third kappa shape index (κ3) is 4.86. The summed E-state index contributed by atoms with van der Waals surface area (Å²) in [5.74, 6) is 6.16. The number of nitrogens with two attached hydrogens (primary N) is 1. The van der Waals surface area contributed by atoms with Gasteiger partial charge >= 0.3 is 5.56 Å². The first-order chi connectivity index (χ1) is 11.2. The molecular weight excluding hydrogens is 346 g/mol. The fourth-order valence-electron chi connectivity index (χ4n) is 2.02. The standard InChI is InChI=1S/C9H9N3O.C7H8O3S.H2O/c1-6-11-8-5-3-2-4-7(8)9(13)12(6)10;1-6-2-4-7(5-3-6)11(8,9)10;/h2-5H,10H2,1H3;2-5H,1H3,(H,8,9,10);1H2. The normalized spacial score (nSPS) is 10.5. The highest BCUT2D eigenvalue weighted by Crippen LogP contribution is 2.08. The largest absolute Gasteiger partial charge is 0.744 e. The van der Waals surface area contributed by atoms with E-state index in [1.807, 2.05) is 25.1 Å². The molecule has 1 aromatic heterocycles. The molecule has 9 heteroatoms. The third-order valence-electron chi connectivity index (χ3n) is 3.36. The summed E-state index contributed by atoms with van der Waals surface area (Å²) in [6.45, 7) is 3.58. The number of nitrogens with zero attached hydrogens (tertiary/aromatic N) is 1. The van der Waals surface area contributed by atoms with Crippen LogP contribution in [0.15, 0.2) is 58.2 Å². The van der Waals surface area contributed by atoms with E-state index >= 15 is 0 Å². The minimum Gasteiger partial charge on any atom is -0.744 e. The maximum Gasteiger partial charge on any atom is 0.368 e. The highest BCUT2D eigenvalue weighted by atomic mass is 32.2. The SMILES string of the molecule is Cc1[nH+]c2ccccc2c(=O)n1N.Cc1ccc(S(=O)(=O)[O-])cc1.O. The predicted octanol–water partition coefficient (Wildman–Crippen LogP) is -0.0878. The summed E-state index contributed by atoms with van der Waals surface area (Å²) < 4.78 is 32.3. The molecule has 0 fully saturated rings. The van der Waals surface area contributed by atoms with Gasteiger partial charge in [-0.05, 0) is 31.2 Å². The van der Waals surface area contributed by atoms with E-state index in [2.05, 4.69) is 4.98 Å². The van der Waals surface area contributed by atoms with E-state index in [1.54, 1.807) is 25.1 Å². The first-order valence-corrected chi connectivity index (χ1v) is 8.42. The molecule has 25 heavy (non-hydrogen) atoms. The van der Waals surface area contributed by atoms with Gasteiger partial charge in [0, 0.05) is 6.92 Å². The van der Waals surface area contributed by atoms with Gasteiger partial charge in [0.15, 0.2) is 0 Å². The van der Waals surface area contributed by atoms with Gasteiger partial charge in [-0.3, -0.25) is 5.84 Å². The number of hydrogen-bond donors (Lipinski definition) is 1. The number of nitrogen functional groups attached to an aromatic ring is 1. The summed E-state index contributed by atoms with van der Waals surface area (Å²) in [5.41, 5.74) is 1.57. The molecule has 0 saturated carbocycles. The molecule has 0 spiro atoms. The maximum absolute atomic E-state index is 11.6. The minimum atomic E-state index is -4.27. The zero-order valence-electron chi connectivity index (χ0n) is 13.7. The summed E-state index contributed by atoms with van der Waals surface area (Å²) in [7, 11) is -4.27. The Morgan fingerprint density at radius 1 is 1.04 bits per heavy atom. The van der Waals surface area contributed by atoms with Crippen LogP contribution in [0.5, 0.6) is 0 Å². The number of rotatable bonds is 1. The van der Waals surface area contributed by atoms with Gasteiger partial charge in [0.2, 0.25) is 0 Å². The lowest BCUT2D eigenvalue weighted by atomic mass is 10.2. The summed E-state index contributed by atoms with van der Waals surface area (Å²) in [6, 6.07) is 13.1. The van der Waals surface area contributed by atoms with Crippen molar-refractivity contribution >= 4 is 21.0 Å². The van der Waals surface area contributed by atoms with Crippen LogP contribution in [-0.4, -0.2) is 23.1 Å². The smallest absolute Gasteiger partial charge is 0.368 e. The van der Waals surface area contributed by atoms with Gasteiger partial charge in [-0.15, -0.1) is 0 Å². The van der Waals surface area contributed by atoms with Crippen molar-refractivity contribution in [3.63, 3.8) is 0 Å². The Balaban J connectivity index is 0.000000244. The Morgan fingerprint density at radius 3 is 2.16 bits per heavy atom. The van der Waals surface area contributed by atoms with E-state index in [4.69, 9.17) is 5.84 Å². The number of nitrogens with one attached hydrogen (secondary N) is 1. The van der Waals surface area contributed by atoms with Crippen LogP contribution in [0.1, 0.15) is 11.4 Å². The van der Waals surface area contributed by atoms with Crippen LogP contribution in [0.4, 0.5) is 0 Å². The molecule has 0 aliphatic rings. The van der Waals surface area contributed by atoms with Crippen molar-refractivity contribution in [1.29, 1.82) is 0 Å². The second-order valence-electron chi connectivity index (χ2n) is 5.20. The number of aryl methyl sites for hydroxylation is 2. The maximum atomic E-state index is 11.6. The van der Waals surface area contributed by atoms with Crippen molar-refractivity contribution in [2.45, 2.75) is 18.7 Å². The van der Waals surface area contributed by atoms with Crippen molar-refractivity contribution < 1.29 is 23.4 Å². The number of fused-ring (bicyclic) bond motifs is 1. The molecule has 3 rings (SSSR count). The van der Waals surface area contributed by atoms with Gasteiger partial charge in [-0.1, -0.05) is 34.5 Å². The molecule has 0 radical (unpaired) electrons. The van der Waals surface area contributed by atoms with Crippen LogP contribution in [0, 0.1) is 13.8 Å². The monoisotopic (exact) mass is 365 g/mol. The molecule has 8 nitrogen and oxygen atoms in total. The molecular formula is C16H19N3O5S. The van der Waals surface area contributed by atoms with Crippen molar-refractivity contribution in [1.82, 2.24) is 4.68 Å². The highest BCUT2D eigenvalue weighted by molar-refractivity contribution is 7.85. The quantitative estimate of drug-likeness (QED) is 0.472. The zero-order valence-corrected chi connectivity index (χ0v) is 14.5. The van der Waals surface area contributed by atoms with Gasteiger partial charge in [0.1, 0.15) is 21.0 Å². The van der Waals surface area contributed by atoms with Crippen molar-refractivity contribution in [2.24, 2.45) is 0 Å². The number of benzene rings is 2. The lowest BCUT2D eigenvalue weighted by Gasteiger charge is -2.05. The van der Waals surface area contributed by atoms with Gasteiger partial charge in [0.05, 0.1) is 4.90 Å². The van der Waals surface area contributed by atoms with Crippen LogP contribution in [0.25, 0.3) is 10.9 Å². The first kappa shape index (κ1) is 20.3. The minimum absolute atomic E-state index is 0. The molecule has 0 atom stereocenters. The van der Waals surface area contributed by atoms with E-state index in [-0.39, 0.29) is 15.9 Å². The second-order valence-corrected chi connectivity index (χ2v) is 6.58. The summed E-state index contributed by atoms with van der Waals surface area (Å²) in [4.78, 5) is 14.4. The third-order valence-corrected chi connectivity index (χ3v) is 4.21. The van der Waals surface area contributed by atoms with Gasteiger partial charge in [-0.25, -0.2) is 18.2 Å². The van der Waals surface area contributed by atoms with E-state index in [0.29, 0.717) is 11.2 Å². The van der Waals surface area contributed by atoms with Crippen molar-refractivity contribution in [2.75, 3.05) is 5.84 Å². The predicted molar refractivity (Wildman–Crippen MR) is 92.4 cm³/mol. The fraction of sp³-hybridized carbons (Fsp3) is 0.125. The highest BCUT2D eigenvalue weighted by Gasteiger charge is 2.10. The number of para-hydroxylation sites is 1. The molecule has 0 aliphatic heterocycles. The molecule has 0 saturated heterocycles. The Labute approximate surface area is 144 Å². The average molecular weight is 365 g/mol. The van der Waals surface area contributed by atoms with Gasteiger partial charge in [0.25, 0.3) is 5.82 Å². The number of H-pyrrole nitrogens is 1. The van der Waals surface area contributed by atoms with Crippen molar-refractivity contribution in [3.8, 4) is 0 Å². The molecule has 0 unspecified atom stereocenters. The Hall–Kier alpha value is -2.75. The van der Waals surface area contributed by atoms with E-state index < -0.39 is 10.1 Å². The first-order valence-electron chi connectivity index (χ1n) is 7.01. The average Bonchev–Trinajstić information content (AvgIpc) is 2.53. The van der Waals surface area contributed by atoms with Crippen LogP contribution >= 0.6 is 0 Å². The lowest BCUT2D eigenvalue weighted by Crippen LogP contribution is -2.35. The molecule has 0 bridgehead atoms. The number of hydrogen-bond acceptors (Lipinski definition) is 5. The van der Waals surface area contributed by atoms with E-state index in [0.717, 1.165) is 15.8 Å². The summed E-state index contributed by atoms with van der Waals surface area (Å²) in [6.07, 6.45) is 0. The summed E-state index contributed by atoms with van der Waals surface area (Å²) >= 11 is 0. The lowest BCUT2D eigenvalue weighted by molar-refractivity contribution is -0.363. The summed E-state index contributed by atoms with van der Waals surface area (Å²) in [5, 5.41) is 0.607. The number of aromatic nitrogens is 2. The second kappa shape index (κ2) is 7.88. The van der Waals surface area contributed by atoms with Gasteiger partial charge in [-0.2, -0.15) is 0 Å². The molecule has 0 aliphatic carbocycles. The van der Waals surface area contributed by atoms with E-state index in [1.165, 1.54) is 12.1 Å². The van der Waals surface area contributed by atoms with Crippen molar-refractivity contribution in [3.05, 3.63) is 70.3 Å². The fourth-order valence-corrected chi connectivity index (χ4v) is 2.49. The van der Waals surface area contributed by atoms with E-state index in [9.17, 15) is 17.8 Å². The Morgan fingerprint density at radius 2 is 1.60 bits per heavy atom. The molecule has 5 N–H and O–H groups in total. The molecule has 134 valence electrons. The topological polar surface area (TPSA) is 151 Å². The van der Waals surface area contributed by atoms with Crippen LogP contribution in [-0.2, 0) is 10.1 Å².